The minimum atomic E-state index is -2.61. The third-order valence-electron chi connectivity index (χ3n) is 17.3. The smallest absolute Gasteiger partial charge is 0.350 e. The van der Waals surface area contributed by atoms with Crippen LogP contribution in [0.5, 0.6) is 0 Å². The summed E-state index contributed by atoms with van der Waals surface area (Å²) in [6.45, 7) is 13.1. The van der Waals surface area contributed by atoms with E-state index < -0.39 is 174 Å². The minimum Gasteiger partial charge on any atom is -0.481 e. The quantitative estimate of drug-likeness (QED) is 0.0379. The Morgan fingerprint density at radius 3 is 1.83 bits per heavy atom. The first kappa shape index (κ1) is 65.4. The number of hydrogen-bond donors (Lipinski definition) is 4. The third-order valence-corrected chi connectivity index (χ3v) is 17.3. The summed E-state index contributed by atoms with van der Waals surface area (Å²) in [5.74, 6) is -11.5. The number of carboxylic acids is 1. The molecule has 1 saturated heterocycles. The Balaban J connectivity index is 1.31. The summed E-state index contributed by atoms with van der Waals surface area (Å²) in [6.07, 6.45) is -13.2. The first-order chi connectivity index (χ1) is 41.5. The number of Topliss-reactive ketones (excluding diaryl/α,β-unsaturated/α-hetero) is 1. The highest BCUT2D eigenvalue weighted by atomic mass is 16.6. The lowest BCUT2D eigenvalue weighted by Gasteiger charge is -2.67. The van der Waals surface area contributed by atoms with Gasteiger partial charge in [0.2, 0.25) is 17.9 Å². The van der Waals surface area contributed by atoms with Crippen molar-refractivity contribution in [2.75, 3.05) is 6.61 Å². The molecule has 0 aromatic heterocycles. The molecule has 21 heteroatoms. The molecule has 2 bridgehead atoms. The summed E-state index contributed by atoms with van der Waals surface area (Å²) in [6, 6.07) is 29.3. The van der Waals surface area contributed by atoms with Crippen molar-refractivity contribution in [3.8, 4) is 0 Å². The summed E-state index contributed by atoms with van der Waals surface area (Å²) in [7, 11) is 0. The van der Waals surface area contributed by atoms with Crippen LogP contribution in [-0.4, -0.2) is 130 Å². The first-order valence-electron chi connectivity index (χ1n) is 29.2. The predicted molar refractivity (Wildman–Crippen MR) is 313 cm³/mol. The lowest BCUT2D eigenvalue weighted by molar-refractivity contribution is -0.346. The molecule has 3 aliphatic carbocycles. The van der Waals surface area contributed by atoms with E-state index in [1.807, 2.05) is 0 Å². The second kappa shape index (κ2) is 26.4. The number of carbonyl (C=O) groups is 10. The maximum Gasteiger partial charge on any atom is 0.350 e. The zero-order chi connectivity index (χ0) is 64.1. The van der Waals surface area contributed by atoms with Crippen molar-refractivity contribution in [2.45, 2.75) is 167 Å². The number of nitrogens with one attached hydrogen (secondary N) is 2. The summed E-state index contributed by atoms with van der Waals surface area (Å²) < 4.78 is 44.2. The van der Waals surface area contributed by atoms with Crippen LogP contribution in [0.3, 0.4) is 0 Å². The molecule has 0 unspecified atom stereocenters. The maximum atomic E-state index is 16.5. The van der Waals surface area contributed by atoms with Crippen LogP contribution >= 0.6 is 0 Å². The van der Waals surface area contributed by atoms with Gasteiger partial charge in [-0.25, -0.2) is 9.59 Å². The fourth-order valence-electron chi connectivity index (χ4n) is 13.0. The molecule has 4 aromatic rings. The molecular formula is C67H76N2O19. The van der Waals surface area contributed by atoms with Crippen LogP contribution in [0.15, 0.2) is 132 Å². The number of carbonyl (C=O) groups excluding carboxylic acids is 9. The molecule has 1 heterocycles. The van der Waals surface area contributed by atoms with E-state index in [4.69, 9.17) is 33.2 Å². The standard InChI is InChI=1S/C67H76N2O19/c1-38-46(84-62(80)56(86-52(76)33-42-24-16-11-17-25-42)54(43-26-18-12-19-27-43)69-60(78)45(30-31-50(73)74)68-49(72)36-63(4,5)6)35-67(81)59(87-61(79)44-28-20-13-21-29-44)57-65(9,58(77)55(83-39(2)70)53(38)64(67,7)8)47(34-48-66(57,37-82-48)88-40(3)71)85-51(75)32-41-22-14-10-15-23-41/h10-29,45-48,54-57,59,81H,30-37H2,1-9H3,(H,68,72)(H,69,78)(H,73,74)/t45-,46+,47+,48-,54+,55-,56-,57+,59+,65-,66+,67-/m1/s1. The number of ether oxygens (including phenoxy) is 7. The van der Waals surface area contributed by atoms with Crippen LogP contribution in [0.4, 0.5) is 0 Å². The first-order valence-corrected chi connectivity index (χ1v) is 29.2. The molecule has 468 valence electrons. The van der Waals surface area contributed by atoms with Gasteiger partial charge in [-0.15, -0.1) is 0 Å². The zero-order valence-corrected chi connectivity index (χ0v) is 50.7. The van der Waals surface area contributed by atoms with E-state index in [9.17, 15) is 48.6 Å². The average molecular weight is 1210 g/mol. The van der Waals surface area contributed by atoms with Crippen molar-refractivity contribution >= 4 is 59.4 Å². The zero-order valence-electron chi connectivity index (χ0n) is 50.7. The van der Waals surface area contributed by atoms with Gasteiger partial charge in [0.05, 0.1) is 36.3 Å². The van der Waals surface area contributed by atoms with E-state index >= 15 is 9.59 Å². The lowest BCUT2D eigenvalue weighted by atomic mass is 9.44. The van der Waals surface area contributed by atoms with Crippen LogP contribution in [-0.2, 0) is 89.2 Å². The van der Waals surface area contributed by atoms with Gasteiger partial charge in [0.15, 0.2) is 17.5 Å². The van der Waals surface area contributed by atoms with Gasteiger partial charge < -0.3 is 54.0 Å². The molecule has 21 nitrogen and oxygen atoms in total. The molecular weight excluding hydrogens is 1140 g/mol. The number of rotatable bonds is 21. The molecule has 1 aliphatic heterocycles. The molecule has 2 amide bonds. The van der Waals surface area contributed by atoms with Crippen molar-refractivity contribution in [3.63, 3.8) is 0 Å². The van der Waals surface area contributed by atoms with E-state index in [-0.39, 0.29) is 41.5 Å². The number of aliphatic hydroxyl groups is 1. The second-order valence-electron chi connectivity index (χ2n) is 25.1. The number of fused-ring (bicyclic) bond motifs is 5. The van der Waals surface area contributed by atoms with Crippen LogP contribution in [0.25, 0.3) is 0 Å². The van der Waals surface area contributed by atoms with Gasteiger partial charge in [-0.1, -0.05) is 144 Å². The summed E-state index contributed by atoms with van der Waals surface area (Å²) >= 11 is 0. The summed E-state index contributed by atoms with van der Waals surface area (Å²) in [5, 5.41) is 29.5. The number of hydrogen-bond acceptors (Lipinski definition) is 18. The number of aliphatic carboxylic acids is 1. The van der Waals surface area contributed by atoms with E-state index in [1.54, 1.807) is 118 Å². The maximum absolute atomic E-state index is 16.5. The van der Waals surface area contributed by atoms with E-state index in [2.05, 4.69) is 10.6 Å². The molecule has 0 spiro atoms. The molecule has 4 aliphatic rings. The highest BCUT2D eigenvalue weighted by Gasteiger charge is 2.79. The van der Waals surface area contributed by atoms with Gasteiger partial charge in [0, 0.05) is 44.9 Å². The Morgan fingerprint density at radius 2 is 1.30 bits per heavy atom. The Labute approximate surface area is 510 Å². The van der Waals surface area contributed by atoms with Gasteiger partial charge in [0.25, 0.3) is 0 Å². The SMILES string of the molecule is CC(=O)O[C@H]1C(=O)[C@]2(C)[C@@H](OC(=O)Cc3ccccc3)C[C@H]3OC[C@@]3(OC(C)=O)[C@H]2[C@H](OC(=O)c2ccccc2)[C@]2(O)C[C@H](OC(=O)[C@H](OC(=O)Cc3ccccc3)[C@@H](NC(=O)[C@@H](CCC(=O)O)NC(=O)CC(C)(C)C)c3ccccc3)C(C)=C1C2(C)C. The molecule has 12 atom stereocenters. The molecule has 88 heavy (non-hydrogen) atoms. The summed E-state index contributed by atoms with van der Waals surface area (Å²) in [4.78, 5) is 143. The van der Waals surface area contributed by atoms with Crippen LogP contribution in [0.2, 0.25) is 0 Å². The summed E-state index contributed by atoms with van der Waals surface area (Å²) in [5.41, 5.74) is -8.08. The molecule has 8 rings (SSSR count). The largest absolute Gasteiger partial charge is 0.481 e. The van der Waals surface area contributed by atoms with E-state index in [0.717, 1.165) is 13.8 Å². The number of amides is 2. The van der Waals surface area contributed by atoms with Crippen molar-refractivity contribution in [1.29, 1.82) is 0 Å². The predicted octanol–water partition coefficient (Wildman–Crippen LogP) is 6.79. The third kappa shape index (κ3) is 13.9. The highest BCUT2D eigenvalue weighted by Crippen LogP contribution is 2.65. The van der Waals surface area contributed by atoms with Gasteiger partial charge in [0.1, 0.15) is 42.1 Å². The van der Waals surface area contributed by atoms with Gasteiger partial charge in [-0.2, -0.15) is 0 Å². The Hall–Kier alpha value is -8.56. The fraction of sp³-hybridized carbons (Fsp3) is 0.463. The average Bonchev–Trinajstić information content (AvgIpc) is 0.687. The van der Waals surface area contributed by atoms with Crippen LogP contribution in [0, 0.1) is 22.2 Å². The number of esters is 6. The van der Waals surface area contributed by atoms with Crippen LogP contribution < -0.4 is 10.6 Å². The van der Waals surface area contributed by atoms with Crippen molar-refractivity contribution < 1.29 is 91.3 Å². The van der Waals surface area contributed by atoms with Crippen molar-refractivity contribution in [3.05, 3.63) is 155 Å². The number of ketones is 1. The van der Waals surface area contributed by atoms with Gasteiger partial charge >= 0.3 is 41.8 Å². The monoisotopic (exact) mass is 1210 g/mol. The molecule has 4 N–H and O–H groups in total. The van der Waals surface area contributed by atoms with Crippen molar-refractivity contribution in [2.24, 2.45) is 22.2 Å². The number of carboxylic acid groups (broad SMARTS) is 1. The lowest BCUT2D eigenvalue weighted by Crippen LogP contribution is -2.82. The van der Waals surface area contributed by atoms with E-state index in [0.29, 0.717) is 11.1 Å². The molecule has 4 aromatic carbocycles. The van der Waals surface area contributed by atoms with Crippen LogP contribution in [0.1, 0.15) is 128 Å². The van der Waals surface area contributed by atoms with Gasteiger partial charge in [-0.05, 0) is 65.7 Å². The number of benzene rings is 4. The molecule has 0 radical (unpaired) electrons. The minimum absolute atomic E-state index is 0.0137. The fourth-order valence-corrected chi connectivity index (χ4v) is 13.0. The topological polar surface area (TPSA) is 300 Å². The highest BCUT2D eigenvalue weighted by molar-refractivity contribution is 5.96. The molecule has 3 fully saturated rings. The molecule has 2 saturated carbocycles. The Bertz CT molecular complexity index is 3330. The normalized spacial score (nSPS) is 26.2. The van der Waals surface area contributed by atoms with Gasteiger partial charge in [-0.3, -0.25) is 38.4 Å². The second-order valence-corrected chi connectivity index (χ2v) is 25.1. The Kier molecular flexibility index (Phi) is 19.6. The van der Waals surface area contributed by atoms with E-state index in [1.165, 1.54) is 52.0 Å². The van der Waals surface area contributed by atoms with Crippen molar-refractivity contribution in [1.82, 2.24) is 10.6 Å². The Morgan fingerprint density at radius 1 is 0.727 bits per heavy atom.